The molecular weight excluding hydrogens is 234 g/mol. The Labute approximate surface area is 105 Å². The lowest BCUT2D eigenvalue weighted by atomic mass is 10.4. The Bertz CT molecular complexity index is 440. The smallest absolute Gasteiger partial charge is 0.240 e. The second-order valence-corrected chi connectivity index (χ2v) is 3.63. The van der Waals surface area contributed by atoms with Crippen LogP contribution in [0.3, 0.4) is 0 Å². The highest BCUT2D eigenvalue weighted by molar-refractivity contribution is 5.43. The van der Waals surface area contributed by atoms with Gasteiger partial charge in [-0.05, 0) is 24.3 Å². The van der Waals surface area contributed by atoms with E-state index in [4.69, 9.17) is 9.15 Å². The molecule has 0 bridgehead atoms. The van der Waals surface area contributed by atoms with Crippen LogP contribution >= 0.6 is 0 Å². The molecule has 0 saturated carbocycles. The fourth-order valence-corrected chi connectivity index (χ4v) is 1.44. The van der Waals surface area contributed by atoms with Crippen LogP contribution in [-0.4, -0.2) is 46.5 Å². The first-order valence-corrected chi connectivity index (χ1v) is 6.00. The quantitative estimate of drug-likeness (QED) is 0.691. The summed E-state index contributed by atoms with van der Waals surface area (Å²) in [7, 11) is 0. The predicted octanol–water partition coefficient (Wildman–Crippen LogP) is 0.559. The van der Waals surface area contributed by atoms with Crippen LogP contribution in [0.4, 0.5) is 0 Å². The van der Waals surface area contributed by atoms with Gasteiger partial charge >= 0.3 is 0 Å². The Balaban J connectivity index is 1.71. The molecule has 7 heteroatoms. The minimum atomic E-state index is 0.509. The lowest BCUT2D eigenvalue weighted by Crippen LogP contribution is -2.24. The van der Waals surface area contributed by atoms with Gasteiger partial charge in [-0.1, -0.05) is 0 Å². The summed E-state index contributed by atoms with van der Waals surface area (Å²) in [6.07, 6.45) is 1.59. The van der Waals surface area contributed by atoms with E-state index >= 15 is 0 Å². The molecule has 2 heterocycles. The Kier molecular flexibility index (Phi) is 4.86. The van der Waals surface area contributed by atoms with Crippen molar-refractivity contribution >= 4 is 0 Å². The summed E-state index contributed by atoms with van der Waals surface area (Å²) >= 11 is 0. The van der Waals surface area contributed by atoms with Crippen molar-refractivity contribution in [2.24, 2.45) is 0 Å². The molecule has 2 rings (SSSR count). The molecule has 0 spiro atoms. The molecule has 1 N–H and O–H groups in total. The summed E-state index contributed by atoms with van der Waals surface area (Å²) < 4.78 is 10.4. The van der Waals surface area contributed by atoms with Gasteiger partial charge in [0.15, 0.2) is 5.76 Å². The van der Waals surface area contributed by atoms with E-state index in [1.165, 1.54) is 0 Å². The monoisotopic (exact) mass is 251 g/mol. The molecule has 0 aromatic carbocycles. The normalized spacial score (nSPS) is 10.9. The minimum Gasteiger partial charge on any atom is -0.461 e. The molecule has 2 aromatic rings. The maximum absolute atomic E-state index is 5.21. The van der Waals surface area contributed by atoms with Crippen molar-refractivity contribution in [3.63, 3.8) is 0 Å². The number of ether oxygens (including phenoxy) is 1. The number of nitrogens with zero attached hydrogens (tertiary/aromatic N) is 4. The van der Waals surface area contributed by atoms with Crippen molar-refractivity contribution < 1.29 is 9.15 Å². The summed E-state index contributed by atoms with van der Waals surface area (Å²) in [6.45, 7) is 5.72. The van der Waals surface area contributed by atoms with Gasteiger partial charge in [0.25, 0.3) is 0 Å². The van der Waals surface area contributed by atoms with Gasteiger partial charge in [0.2, 0.25) is 5.82 Å². The summed E-state index contributed by atoms with van der Waals surface area (Å²) in [5, 5.41) is 15.3. The predicted molar refractivity (Wildman–Crippen MR) is 64.9 cm³/mol. The number of furan rings is 1. The number of hydrogen-bond donors (Lipinski definition) is 1. The summed E-state index contributed by atoms with van der Waals surface area (Å²) in [5.41, 5.74) is 0. The third kappa shape index (κ3) is 3.64. The van der Waals surface area contributed by atoms with Gasteiger partial charge in [-0.3, -0.25) is 0 Å². The average molecular weight is 251 g/mol. The molecule has 0 aliphatic rings. The molecule has 0 atom stereocenters. The maximum Gasteiger partial charge on any atom is 0.240 e. The summed E-state index contributed by atoms with van der Waals surface area (Å²) in [6, 6.07) is 3.60. The molecule has 98 valence electrons. The van der Waals surface area contributed by atoms with Crippen molar-refractivity contribution in [1.82, 2.24) is 25.5 Å². The van der Waals surface area contributed by atoms with E-state index in [9.17, 15) is 0 Å². The van der Waals surface area contributed by atoms with Crippen LogP contribution in [0.1, 0.15) is 6.92 Å². The largest absolute Gasteiger partial charge is 0.461 e. The fraction of sp³-hybridized carbons (Fsp3) is 0.545. The second-order valence-electron chi connectivity index (χ2n) is 3.63. The zero-order valence-electron chi connectivity index (χ0n) is 10.4. The van der Waals surface area contributed by atoms with Crippen LogP contribution in [0.5, 0.6) is 0 Å². The first kappa shape index (κ1) is 12.7. The standard InChI is InChI=1S/C11H17N5O2/c1-2-17-9-6-12-5-7-16-14-11(13-15-16)10-4-3-8-18-10/h3-4,8,12H,2,5-7,9H2,1H3. The van der Waals surface area contributed by atoms with E-state index in [-0.39, 0.29) is 0 Å². The van der Waals surface area contributed by atoms with Crippen LogP contribution in [0.2, 0.25) is 0 Å². The Morgan fingerprint density at radius 1 is 1.44 bits per heavy atom. The number of aromatic nitrogens is 4. The first-order valence-electron chi connectivity index (χ1n) is 6.00. The SMILES string of the molecule is CCOCCNCCn1nnc(-c2ccco2)n1. The van der Waals surface area contributed by atoms with Crippen molar-refractivity contribution in [2.75, 3.05) is 26.3 Å². The molecule has 2 aromatic heterocycles. The van der Waals surface area contributed by atoms with E-state index in [2.05, 4.69) is 20.7 Å². The molecular formula is C11H17N5O2. The van der Waals surface area contributed by atoms with E-state index < -0.39 is 0 Å². The highest BCUT2D eigenvalue weighted by atomic mass is 16.5. The zero-order valence-corrected chi connectivity index (χ0v) is 10.4. The van der Waals surface area contributed by atoms with Gasteiger partial charge in [-0.2, -0.15) is 4.80 Å². The molecule has 0 amide bonds. The highest BCUT2D eigenvalue weighted by Gasteiger charge is 2.07. The molecule has 0 saturated heterocycles. The maximum atomic E-state index is 5.21. The van der Waals surface area contributed by atoms with Gasteiger partial charge in [0.05, 0.1) is 19.4 Å². The van der Waals surface area contributed by atoms with Crippen molar-refractivity contribution in [3.8, 4) is 11.6 Å². The van der Waals surface area contributed by atoms with Crippen LogP contribution in [-0.2, 0) is 11.3 Å². The lowest BCUT2D eigenvalue weighted by Gasteiger charge is -2.03. The van der Waals surface area contributed by atoms with Crippen molar-refractivity contribution in [3.05, 3.63) is 18.4 Å². The molecule has 0 radical (unpaired) electrons. The van der Waals surface area contributed by atoms with Gasteiger partial charge in [-0.25, -0.2) is 0 Å². The summed E-state index contributed by atoms with van der Waals surface area (Å²) in [4.78, 5) is 1.55. The minimum absolute atomic E-state index is 0.509. The van der Waals surface area contributed by atoms with Gasteiger partial charge < -0.3 is 14.5 Å². The third-order valence-electron chi connectivity index (χ3n) is 2.31. The molecule has 0 aliphatic carbocycles. The van der Waals surface area contributed by atoms with Crippen LogP contribution in [0, 0.1) is 0 Å². The van der Waals surface area contributed by atoms with Gasteiger partial charge in [0, 0.05) is 19.7 Å². The Morgan fingerprint density at radius 3 is 3.17 bits per heavy atom. The molecule has 0 unspecified atom stereocenters. The van der Waals surface area contributed by atoms with Crippen molar-refractivity contribution in [1.29, 1.82) is 0 Å². The molecule has 18 heavy (non-hydrogen) atoms. The highest BCUT2D eigenvalue weighted by Crippen LogP contribution is 2.12. The van der Waals surface area contributed by atoms with E-state index in [0.717, 1.165) is 26.3 Å². The molecule has 0 aliphatic heterocycles. The number of tetrazole rings is 1. The lowest BCUT2D eigenvalue weighted by molar-refractivity contribution is 0.149. The third-order valence-corrected chi connectivity index (χ3v) is 2.31. The topological polar surface area (TPSA) is 78.0 Å². The van der Waals surface area contributed by atoms with Gasteiger partial charge in [-0.15, -0.1) is 10.2 Å². The van der Waals surface area contributed by atoms with E-state index in [1.54, 1.807) is 17.1 Å². The number of hydrogen-bond acceptors (Lipinski definition) is 6. The summed E-state index contributed by atoms with van der Waals surface area (Å²) in [5.74, 6) is 1.14. The Morgan fingerprint density at radius 2 is 2.39 bits per heavy atom. The molecule has 0 fully saturated rings. The first-order chi connectivity index (χ1) is 8.90. The molecule has 7 nitrogen and oxygen atoms in total. The Hall–Kier alpha value is -1.73. The van der Waals surface area contributed by atoms with Crippen LogP contribution in [0.25, 0.3) is 11.6 Å². The number of nitrogens with one attached hydrogen (secondary N) is 1. The second kappa shape index (κ2) is 6.87. The number of rotatable bonds is 8. The van der Waals surface area contributed by atoms with E-state index in [1.807, 2.05) is 13.0 Å². The van der Waals surface area contributed by atoms with E-state index in [0.29, 0.717) is 18.1 Å². The van der Waals surface area contributed by atoms with Crippen LogP contribution in [0.15, 0.2) is 22.8 Å². The van der Waals surface area contributed by atoms with Crippen molar-refractivity contribution in [2.45, 2.75) is 13.5 Å². The van der Waals surface area contributed by atoms with Crippen LogP contribution < -0.4 is 5.32 Å². The zero-order chi connectivity index (χ0) is 12.6. The average Bonchev–Trinajstić information content (AvgIpc) is 3.03. The van der Waals surface area contributed by atoms with Gasteiger partial charge in [0.1, 0.15) is 0 Å². The fourth-order valence-electron chi connectivity index (χ4n) is 1.44.